The minimum atomic E-state index is -3.71. The lowest BCUT2D eigenvalue weighted by Gasteiger charge is -2.43. The highest BCUT2D eigenvalue weighted by Gasteiger charge is 2.53. The van der Waals surface area contributed by atoms with Crippen LogP contribution in [-0.4, -0.2) is 133 Å². The molecule has 0 aromatic heterocycles. The van der Waals surface area contributed by atoms with Crippen LogP contribution in [0.3, 0.4) is 0 Å². The number of rotatable bonds is 8. The topological polar surface area (TPSA) is 215 Å². The number of ketones is 2. The molecule has 0 unspecified atom stereocenters. The van der Waals surface area contributed by atoms with Gasteiger partial charge in [-0.3, -0.25) is 14.4 Å². The third-order valence-electron chi connectivity index (χ3n) is 15.0. The molecule has 386 valence electrons. The second-order valence-electron chi connectivity index (χ2n) is 20.5. The number of allylic oxidation sites excluding steroid dienone is 6. The molecule has 4 aliphatic rings. The molecule has 16 heteroatoms. The van der Waals surface area contributed by atoms with Gasteiger partial charge < -0.3 is 39.2 Å². The molecule has 15 atom stereocenters. The number of fused-ring (bicyclic) bond motifs is 3. The second kappa shape index (κ2) is 26.4. The maximum absolute atomic E-state index is 14.4. The van der Waals surface area contributed by atoms with Crippen molar-refractivity contribution in [3.05, 3.63) is 47.6 Å². The van der Waals surface area contributed by atoms with Crippen LogP contribution in [0.15, 0.2) is 47.6 Å². The number of hydrogen-bond acceptors (Lipinski definition) is 13. The van der Waals surface area contributed by atoms with E-state index in [1.807, 2.05) is 45.9 Å². The average molecular weight is 977 g/mol. The summed E-state index contributed by atoms with van der Waals surface area (Å²) in [5.74, 6) is -7.01. The molecule has 2 saturated heterocycles. The highest BCUT2D eigenvalue weighted by atomic mass is 32.2. The molecule has 15 nitrogen and oxygen atoms in total. The maximum atomic E-state index is 14.4. The fourth-order valence-corrected chi connectivity index (χ4v) is 11.4. The lowest BCUT2D eigenvalue weighted by atomic mass is 9.78. The molecule has 0 radical (unpaired) electrons. The molecule has 1 aliphatic carbocycles. The second-order valence-corrected chi connectivity index (χ2v) is 22.6. The first kappa shape index (κ1) is 57.5. The fourth-order valence-electron chi connectivity index (χ4n) is 10.5. The van der Waals surface area contributed by atoms with Gasteiger partial charge in [0.15, 0.2) is 5.78 Å². The minimum Gasteiger partial charge on any atom is -0.461 e. The van der Waals surface area contributed by atoms with Gasteiger partial charge in [0, 0.05) is 38.6 Å². The summed E-state index contributed by atoms with van der Waals surface area (Å²) in [6.07, 6.45) is 13.0. The quantitative estimate of drug-likeness (QED) is 0.120. The number of methoxy groups -OCH3 is 2. The van der Waals surface area contributed by atoms with Gasteiger partial charge in [0.05, 0.1) is 24.1 Å². The van der Waals surface area contributed by atoms with Gasteiger partial charge in [0.1, 0.15) is 24.4 Å². The summed E-state index contributed by atoms with van der Waals surface area (Å²) >= 11 is 0. The van der Waals surface area contributed by atoms with E-state index in [-0.39, 0.29) is 60.7 Å². The van der Waals surface area contributed by atoms with E-state index in [0.717, 1.165) is 6.42 Å². The highest BCUT2D eigenvalue weighted by molar-refractivity contribution is 7.89. The van der Waals surface area contributed by atoms with Crippen LogP contribution >= 0.6 is 0 Å². The normalized spacial score (nSPS) is 39.4. The van der Waals surface area contributed by atoms with Crippen LogP contribution in [0.25, 0.3) is 0 Å². The van der Waals surface area contributed by atoms with Crippen LogP contribution < -0.4 is 4.72 Å². The predicted octanol–water partition coefficient (Wildman–Crippen LogP) is 6.29. The van der Waals surface area contributed by atoms with Crippen LogP contribution in [0.1, 0.15) is 139 Å². The first-order valence-electron chi connectivity index (χ1n) is 25.2. The smallest absolute Gasteiger partial charge is 0.329 e. The van der Waals surface area contributed by atoms with Crippen molar-refractivity contribution in [3.8, 4) is 0 Å². The Hall–Kier alpha value is -3.09. The van der Waals surface area contributed by atoms with Crippen molar-refractivity contribution in [1.82, 2.24) is 9.62 Å². The van der Waals surface area contributed by atoms with E-state index in [4.69, 9.17) is 18.9 Å². The molecule has 3 aliphatic heterocycles. The number of ether oxygens (including phenoxy) is 4. The first-order chi connectivity index (χ1) is 32.0. The highest BCUT2D eigenvalue weighted by Crippen LogP contribution is 2.38. The maximum Gasteiger partial charge on any atom is 0.329 e. The zero-order chi connectivity index (χ0) is 50.5. The molecule has 1 saturated carbocycles. The van der Waals surface area contributed by atoms with E-state index in [9.17, 15) is 42.9 Å². The number of carbonyl (C=O) groups excluding carboxylic acids is 4. The SMILES string of the molecule is CCS(=O)(=O)N[C@H]1C[C@@H]2CC[C@@H](C)[C@@](O)(O2)C(=O)C(=O)N2CCCC[C@H]2C(=O)O[C@H]([C@H](C)C[C@@H]2CC[C@@H](O)[C@H](OC)C2)CC[C@H](C)/C=C(\C)[C@@H](O)[C@@H](OC)C(=O)[C@H](C)C[C@H](C)/C=C/C=C/C=C/1C. The Kier molecular flexibility index (Phi) is 22.3. The summed E-state index contributed by atoms with van der Waals surface area (Å²) in [5.41, 5.74) is 1.23. The lowest BCUT2D eigenvalue weighted by molar-refractivity contribution is -0.264. The molecule has 3 heterocycles. The van der Waals surface area contributed by atoms with Crippen molar-refractivity contribution in [2.45, 2.75) is 193 Å². The van der Waals surface area contributed by atoms with Gasteiger partial charge in [0.2, 0.25) is 15.8 Å². The lowest BCUT2D eigenvalue weighted by Crippen LogP contribution is -2.61. The summed E-state index contributed by atoms with van der Waals surface area (Å²) in [6, 6.07) is -1.85. The first-order valence-corrected chi connectivity index (χ1v) is 26.8. The Labute approximate surface area is 406 Å². The third-order valence-corrected chi connectivity index (χ3v) is 16.4. The minimum absolute atomic E-state index is 0.00868. The number of Topliss-reactive ketones (excluding diaryl/α,β-unsaturated/α-hetero) is 2. The standard InChI is InChI=1S/C52H84N2O13S/c1-11-68(62,63)53-41-31-40-23-21-38(8)52(61,67-40)49(58)50(59)54-26-16-15-19-42(54)51(60)66-44(35(5)29-39-22-24-43(55)45(30-39)64-9)25-20-33(3)28-37(7)47(57)48(65-10)46(56)36(6)27-32(2)17-13-12-14-18-34(41)4/h12-14,17-18,28,32-33,35-36,38-45,47-48,53,55,57,61H,11,15-16,19-27,29-31H2,1-10H3/b14-12+,17-13+,34-18+,37-28+/t32-,33+,35-,36-,38-,39+,40+,41+,42+,43-,44+,45-,47-,48+,52-/m1/s1. The Morgan fingerprint density at radius 1 is 0.868 bits per heavy atom. The Morgan fingerprint density at radius 3 is 2.26 bits per heavy atom. The molecular formula is C52H84N2O13S. The van der Waals surface area contributed by atoms with Crippen molar-refractivity contribution < 1.29 is 61.9 Å². The fraction of sp³-hybridized carbons (Fsp3) is 0.769. The number of hydrogen-bond donors (Lipinski definition) is 4. The van der Waals surface area contributed by atoms with Gasteiger partial charge in [-0.1, -0.05) is 76.6 Å². The van der Waals surface area contributed by atoms with E-state index >= 15 is 0 Å². The number of aliphatic hydroxyl groups is 3. The van der Waals surface area contributed by atoms with Crippen LogP contribution in [-0.2, 0) is 48.1 Å². The molecule has 0 spiro atoms. The molecule has 3 fully saturated rings. The van der Waals surface area contributed by atoms with Crippen molar-refractivity contribution >= 4 is 33.5 Å². The molecular weight excluding hydrogens is 893 g/mol. The molecule has 0 aromatic rings. The Bertz CT molecular complexity index is 1930. The molecule has 1 amide bonds. The van der Waals surface area contributed by atoms with Crippen LogP contribution in [0.2, 0.25) is 0 Å². The van der Waals surface area contributed by atoms with Gasteiger partial charge in [-0.2, -0.15) is 0 Å². The van der Waals surface area contributed by atoms with Gasteiger partial charge >= 0.3 is 5.97 Å². The van der Waals surface area contributed by atoms with E-state index in [0.29, 0.717) is 75.4 Å². The number of amides is 1. The summed E-state index contributed by atoms with van der Waals surface area (Å²) < 4.78 is 52.4. The average Bonchev–Trinajstić information content (AvgIpc) is 3.30. The number of sulfonamides is 1. The van der Waals surface area contributed by atoms with Gasteiger partial charge in [0.25, 0.3) is 11.7 Å². The number of nitrogens with one attached hydrogen (secondary N) is 1. The van der Waals surface area contributed by atoms with Gasteiger partial charge in [-0.25, -0.2) is 17.9 Å². The number of piperidine rings is 1. The van der Waals surface area contributed by atoms with Crippen molar-refractivity contribution in [2.75, 3.05) is 26.5 Å². The largest absolute Gasteiger partial charge is 0.461 e. The van der Waals surface area contributed by atoms with E-state index in [2.05, 4.69) is 4.72 Å². The number of nitrogens with zero attached hydrogens (tertiary/aromatic N) is 1. The Balaban J connectivity index is 1.71. The summed E-state index contributed by atoms with van der Waals surface area (Å²) in [6.45, 7) is 14.7. The molecule has 4 rings (SSSR count). The van der Waals surface area contributed by atoms with Gasteiger partial charge in [-0.15, -0.1) is 0 Å². The number of cyclic esters (lactones) is 1. The zero-order valence-electron chi connectivity index (χ0n) is 42.4. The third kappa shape index (κ3) is 15.7. The van der Waals surface area contributed by atoms with Gasteiger partial charge in [-0.05, 0) is 133 Å². The summed E-state index contributed by atoms with van der Waals surface area (Å²) in [4.78, 5) is 58.0. The van der Waals surface area contributed by atoms with Crippen LogP contribution in [0.5, 0.6) is 0 Å². The summed E-state index contributed by atoms with van der Waals surface area (Å²) in [7, 11) is -0.702. The summed E-state index contributed by atoms with van der Waals surface area (Å²) in [5, 5.41) is 34.0. The van der Waals surface area contributed by atoms with E-state index < -0.39 is 87.9 Å². The van der Waals surface area contributed by atoms with Crippen LogP contribution in [0.4, 0.5) is 0 Å². The molecule has 68 heavy (non-hydrogen) atoms. The molecule has 0 aromatic carbocycles. The number of carbonyl (C=O) groups is 4. The van der Waals surface area contributed by atoms with Crippen LogP contribution in [0, 0.1) is 35.5 Å². The van der Waals surface area contributed by atoms with Crippen molar-refractivity contribution in [1.29, 1.82) is 0 Å². The van der Waals surface area contributed by atoms with E-state index in [1.54, 1.807) is 46.1 Å². The Morgan fingerprint density at radius 2 is 1.59 bits per heavy atom. The van der Waals surface area contributed by atoms with Crippen molar-refractivity contribution in [2.24, 2.45) is 35.5 Å². The monoisotopic (exact) mass is 977 g/mol. The predicted molar refractivity (Wildman–Crippen MR) is 260 cm³/mol. The molecule has 4 N–H and O–H groups in total. The molecule has 2 bridgehead atoms. The number of esters is 1. The zero-order valence-corrected chi connectivity index (χ0v) is 43.2. The van der Waals surface area contributed by atoms with E-state index in [1.165, 1.54) is 18.9 Å². The number of aliphatic hydroxyl groups excluding tert-OH is 2. The van der Waals surface area contributed by atoms with Crippen molar-refractivity contribution in [3.63, 3.8) is 0 Å².